The molecule has 4 heteroatoms. The van der Waals surface area contributed by atoms with Gasteiger partial charge in [0.2, 0.25) is 5.91 Å². The largest absolute Gasteiger partial charge is 0.497 e. The van der Waals surface area contributed by atoms with Crippen molar-refractivity contribution in [2.75, 3.05) is 25.6 Å². The maximum Gasteiger partial charge on any atom is 0.246 e. The van der Waals surface area contributed by atoms with Crippen LogP contribution in [-0.4, -0.2) is 32.1 Å². The van der Waals surface area contributed by atoms with Crippen LogP contribution in [-0.2, 0) is 4.79 Å². The monoisotopic (exact) mass is 262 g/mol. The first-order valence-corrected chi connectivity index (χ1v) is 6.74. The van der Waals surface area contributed by atoms with Gasteiger partial charge in [-0.1, -0.05) is 0 Å². The average Bonchev–Trinajstić information content (AvgIpc) is 2.46. The Morgan fingerprint density at radius 1 is 1.32 bits per heavy atom. The molecule has 1 fully saturated rings. The first-order valence-electron chi connectivity index (χ1n) is 6.74. The number of hydrogen-bond acceptors (Lipinski definition) is 3. The molecule has 1 heterocycles. The number of benzene rings is 1. The van der Waals surface area contributed by atoms with Gasteiger partial charge in [0.05, 0.1) is 12.6 Å². The van der Waals surface area contributed by atoms with Gasteiger partial charge in [0.25, 0.3) is 0 Å². The van der Waals surface area contributed by atoms with Crippen LogP contribution in [0.2, 0.25) is 0 Å². The van der Waals surface area contributed by atoms with Crippen molar-refractivity contribution in [1.82, 2.24) is 5.32 Å². The number of hydrogen-bond donors (Lipinski definition) is 1. The first kappa shape index (κ1) is 13.9. The fraction of sp³-hybridized carbons (Fsp3) is 0.533. The lowest BCUT2D eigenvalue weighted by Crippen LogP contribution is -2.57. The summed E-state index contributed by atoms with van der Waals surface area (Å²) >= 11 is 0. The van der Waals surface area contributed by atoms with Gasteiger partial charge < -0.3 is 15.0 Å². The number of carbonyl (C=O) groups excluding carboxylic acids is 1. The van der Waals surface area contributed by atoms with Gasteiger partial charge in [-0.3, -0.25) is 4.79 Å². The van der Waals surface area contributed by atoms with Crippen LogP contribution in [0.4, 0.5) is 5.69 Å². The molecule has 1 amide bonds. The molecule has 1 unspecified atom stereocenters. The molecular formula is C15H22N2O2. The number of carbonyl (C=O) groups is 1. The maximum absolute atomic E-state index is 12.6. The van der Waals surface area contributed by atoms with Crippen LogP contribution in [0.1, 0.15) is 26.2 Å². The van der Waals surface area contributed by atoms with E-state index in [2.05, 4.69) is 5.32 Å². The zero-order chi connectivity index (χ0) is 13.9. The third kappa shape index (κ3) is 2.89. The summed E-state index contributed by atoms with van der Waals surface area (Å²) in [7, 11) is 3.46. The van der Waals surface area contributed by atoms with Gasteiger partial charge in [0, 0.05) is 12.7 Å². The smallest absolute Gasteiger partial charge is 0.246 e. The number of amides is 1. The molecule has 1 aromatic carbocycles. The molecule has 104 valence electrons. The van der Waals surface area contributed by atoms with Crippen molar-refractivity contribution in [3.05, 3.63) is 24.3 Å². The van der Waals surface area contributed by atoms with Crippen molar-refractivity contribution in [2.45, 2.75) is 31.7 Å². The summed E-state index contributed by atoms with van der Waals surface area (Å²) in [5, 5.41) is 3.35. The average molecular weight is 262 g/mol. The second-order valence-electron chi connectivity index (χ2n) is 5.28. The van der Waals surface area contributed by atoms with Gasteiger partial charge in [0.1, 0.15) is 5.75 Å². The Morgan fingerprint density at radius 2 is 2.00 bits per heavy atom. The summed E-state index contributed by atoms with van der Waals surface area (Å²) in [6.07, 6.45) is 3.15. The fourth-order valence-corrected chi connectivity index (χ4v) is 2.53. The summed E-state index contributed by atoms with van der Waals surface area (Å²) < 4.78 is 5.13. The van der Waals surface area contributed by atoms with Crippen LogP contribution in [0.5, 0.6) is 5.75 Å². The number of likely N-dealkylation sites (N-methyl/N-ethyl adjacent to an activating group) is 1. The van der Waals surface area contributed by atoms with Gasteiger partial charge in [-0.15, -0.1) is 0 Å². The van der Waals surface area contributed by atoms with Crippen LogP contribution in [0.15, 0.2) is 24.3 Å². The number of rotatable bonds is 3. The molecule has 1 atom stereocenters. The van der Waals surface area contributed by atoms with Crippen molar-refractivity contribution in [3.8, 4) is 5.75 Å². The lowest BCUT2D eigenvalue weighted by atomic mass is 9.89. The number of piperidine rings is 1. The van der Waals surface area contributed by atoms with Crippen LogP contribution in [0.25, 0.3) is 0 Å². The lowest BCUT2D eigenvalue weighted by molar-refractivity contribution is -0.124. The Hall–Kier alpha value is -1.55. The third-order valence-electron chi connectivity index (χ3n) is 3.86. The topological polar surface area (TPSA) is 41.6 Å². The molecule has 1 aliphatic rings. The van der Waals surface area contributed by atoms with E-state index < -0.39 is 5.54 Å². The molecular weight excluding hydrogens is 240 g/mol. The summed E-state index contributed by atoms with van der Waals surface area (Å²) in [5.74, 6) is 0.920. The number of methoxy groups -OCH3 is 1. The zero-order valence-electron chi connectivity index (χ0n) is 11.9. The minimum Gasteiger partial charge on any atom is -0.497 e. The predicted molar refractivity (Wildman–Crippen MR) is 76.7 cm³/mol. The zero-order valence-corrected chi connectivity index (χ0v) is 11.9. The van der Waals surface area contributed by atoms with E-state index in [4.69, 9.17) is 4.74 Å². The highest BCUT2D eigenvalue weighted by Crippen LogP contribution is 2.25. The number of ether oxygens (including phenoxy) is 1. The quantitative estimate of drug-likeness (QED) is 0.908. The van der Waals surface area contributed by atoms with Crippen molar-refractivity contribution >= 4 is 11.6 Å². The fourth-order valence-electron chi connectivity index (χ4n) is 2.53. The van der Waals surface area contributed by atoms with E-state index in [0.717, 1.165) is 37.2 Å². The van der Waals surface area contributed by atoms with Gasteiger partial charge in [-0.2, -0.15) is 0 Å². The summed E-state index contributed by atoms with van der Waals surface area (Å²) in [4.78, 5) is 14.3. The van der Waals surface area contributed by atoms with E-state index in [9.17, 15) is 4.79 Å². The van der Waals surface area contributed by atoms with Crippen LogP contribution in [0, 0.1) is 0 Å². The summed E-state index contributed by atoms with van der Waals surface area (Å²) in [5.41, 5.74) is 0.451. The van der Waals surface area contributed by atoms with E-state index in [0.29, 0.717) is 0 Å². The van der Waals surface area contributed by atoms with Crippen molar-refractivity contribution in [1.29, 1.82) is 0 Å². The molecule has 19 heavy (non-hydrogen) atoms. The molecule has 2 rings (SSSR count). The minimum atomic E-state index is -0.438. The van der Waals surface area contributed by atoms with E-state index >= 15 is 0 Å². The molecule has 1 aliphatic heterocycles. The number of nitrogens with zero attached hydrogens (tertiary/aromatic N) is 1. The van der Waals surface area contributed by atoms with E-state index in [1.54, 1.807) is 12.0 Å². The van der Waals surface area contributed by atoms with Crippen molar-refractivity contribution in [2.24, 2.45) is 0 Å². The van der Waals surface area contributed by atoms with Gasteiger partial charge in [0.15, 0.2) is 0 Å². The Labute approximate surface area is 114 Å². The Kier molecular flexibility index (Phi) is 4.10. The number of anilines is 1. The van der Waals surface area contributed by atoms with Gasteiger partial charge >= 0.3 is 0 Å². The lowest BCUT2D eigenvalue weighted by Gasteiger charge is -2.36. The molecule has 0 spiro atoms. The normalized spacial score (nSPS) is 22.9. The molecule has 0 aromatic heterocycles. The molecule has 1 saturated heterocycles. The van der Waals surface area contributed by atoms with Crippen LogP contribution in [0.3, 0.4) is 0 Å². The maximum atomic E-state index is 12.6. The molecule has 0 aliphatic carbocycles. The SMILES string of the molecule is COc1ccc(N(C)C(=O)C2(C)CCCCN2)cc1. The standard InChI is InChI=1S/C15H22N2O2/c1-15(10-4-5-11-16-15)14(18)17(2)12-6-8-13(19-3)9-7-12/h6-9,16H,4-5,10-11H2,1-3H3. The number of nitrogens with one attached hydrogen (secondary N) is 1. The Morgan fingerprint density at radius 3 is 2.53 bits per heavy atom. The summed E-state index contributed by atoms with van der Waals surface area (Å²) in [6, 6.07) is 7.55. The van der Waals surface area contributed by atoms with Crippen molar-refractivity contribution < 1.29 is 9.53 Å². The van der Waals surface area contributed by atoms with Gasteiger partial charge in [-0.25, -0.2) is 0 Å². The van der Waals surface area contributed by atoms with E-state index in [1.165, 1.54) is 0 Å². The second kappa shape index (κ2) is 5.61. The van der Waals surface area contributed by atoms with Gasteiger partial charge in [-0.05, 0) is 57.0 Å². The van der Waals surface area contributed by atoms with E-state index in [1.807, 2.05) is 38.2 Å². The second-order valence-corrected chi connectivity index (χ2v) is 5.28. The Balaban J connectivity index is 2.13. The Bertz CT molecular complexity index is 436. The third-order valence-corrected chi connectivity index (χ3v) is 3.86. The minimum absolute atomic E-state index is 0.123. The van der Waals surface area contributed by atoms with E-state index in [-0.39, 0.29) is 5.91 Å². The molecule has 0 bridgehead atoms. The molecule has 1 N–H and O–H groups in total. The first-order chi connectivity index (χ1) is 9.07. The molecule has 4 nitrogen and oxygen atoms in total. The highest BCUT2D eigenvalue weighted by atomic mass is 16.5. The molecule has 0 saturated carbocycles. The van der Waals surface area contributed by atoms with Crippen LogP contribution < -0.4 is 15.0 Å². The van der Waals surface area contributed by atoms with Crippen molar-refractivity contribution in [3.63, 3.8) is 0 Å². The molecule has 0 radical (unpaired) electrons. The van der Waals surface area contributed by atoms with Crippen LogP contribution >= 0.6 is 0 Å². The molecule has 1 aromatic rings. The highest BCUT2D eigenvalue weighted by molar-refractivity contribution is 5.99. The predicted octanol–water partition coefficient (Wildman–Crippen LogP) is 2.19. The highest BCUT2D eigenvalue weighted by Gasteiger charge is 2.36. The summed E-state index contributed by atoms with van der Waals surface area (Å²) in [6.45, 7) is 2.91.